The summed E-state index contributed by atoms with van der Waals surface area (Å²) in [6.07, 6.45) is 4.19. The number of carbonyl (C=O) groups excluding carboxylic acids is 1. The van der Waals surface area contributed by atoms with E-state index in [2.05, 4.69) is 4.90 Å². The average Bonchev–Trinajstić information content (AvgIpc) is 2.04. The first kappa shape index (κ1) is 7.10. The van der Waals surface area contributed by atoms with Crippen molar-refractivity contribution in [3.05, 3.63) is 0 Å². The molecule has 0 aromatic heterocycles. The van der Waals surface area contributed by atoms with Crippen molar-refractivity contribution in [1.82, 2.24) is 4.90 Å². The van der Waals surface area contributed by atoms with Gasteiger partial charge in [0.15, 0.2) is 6.23 Å². The number of carbonyl (C=O) groups is 1. The van der Waals surface area contributed by atoms with Crippen molar-refractivity contribution in [3.8, 4) is 0 Å². The van der Waals surface area contributed by atoms with Crippen LogP contribution in [0.4, 0.5) is 0 Å². The van der Waals surface area contributed by atoms with Gasteiger partial charge in [0.05, 0.1) is 6.42 Å². The maximum Gasteiger partial charge on any atom is 0.308 e. The minimum absolute atomic E-state index is 0.0202. The Morgan fingerprint density at radius 3 is 3.18 bits per heavy atom. The summed E-state index contributed by atoms with van der Waals surface area (Å²) >= 11 is 0. The summed E-state index contributed by atoms with van der Waals surface area (Å²) in [5.41, 5.74) is 0. The lowest BCUT2D eigenvalue weighted by molar-refractivity contribution is -0.173. The molecule has 0 bridgehead atoms. The number of rotatable bonds is 0. The summed E-state index contributed by atoms with van der Waals surface area (Å²) in [7, 11) is 0. The summed E-state index contributed by atoms with van der Waals surface area (Å²) in [5.74, 6) is -0.0202. The van der Waals surface area contributed by atoms with E-state index < -0.39 is 0 Å². The van der Waals surface area contributed by atoms with Crippen molar-refractivity contribution in [2.24, 2.45) is 0 Å². The predicted octanol–water partition coefficient (Wildman–Crippen LogP) is 0.745. The van der Waals surface area contributed by atoms with Crippen LogP contribution in [0.1, 0.15) is 25.7 Å². The Balaban J connectivity index is 1.98. The van der Waals surface area contributed by atoms with Crippen molar-refractivity contribution < 1.29 is 9.53 Å². The molecule has 0 spiro atoms. The molecule has 0 aromatic carbocycles. The molecule has 0 saturated carbocycles. The Morgan fingerprint density at radius 2 is 2.27 bits per heavy atom. The molecule has 1 unspecified atom stereocenters. The molecular formula is C8H13NO2. The molecule has 62 valence electrons. The standard InChI is InChI=1S/C8H13NO2/c10-8-4-6-9-5-2-1-3-7(9)11-8/h7H,1-6H2. The molecule has 0 aromatic rings. The van der Waals surface area contributed by atoms with E-state index >= 15 is 0 Å². The topological polar surface area (TPSA) is 29.5 Å². The second kappa shape index (κ2) is 2.81. The molecule has 2 aliphatic rings. The largest absolute Gasteiger partial charge is 0.446 e. The Hall–Kier alpha value is -0.570. The predicted molar refractivity (Wildman–Crippen MR) is 39.9 cm³/mol. The molecule has 2 aliphatic heterocycles. The van der Waals surface area contributed by atoms with Gasteiger partial charge in [-0.25, -0.2) is 0 Å². The third kappa shape index (κ3) is 1.38. The first-order chi connectivity index (χ1) is 5.36. The van der Waals surface area contributed by atoms with Gasteiger partial charge >= 0.3 is 5.97 Å². The van der Waals surface area contributed by atoms with Gasteiger partial charge < -0.3 is 4.74 Å². The minimum Gasteiger partial charge on any atom is -0.446 e. The lowest BCUT2D eigenvalue weighted by Crippen LogP contribution is -2.47. The van der Waals surface area contributed by atoms with Crippen LogP contribution < -0.4 is 0 Å². The maximum atomic E-state index is 10.9. The second-order valence-corrected chi connectivity index (χ2v) is 3.23. The molecule has 3 heteroatoms. The highest BCUT2D eigenvalue weighted by atomic mass is 16.6. The SMILES string of the molecule is O=C1CCN2CCCCC2O1. The van der Waals surface area contributed by atoms with E-state index in [-0.39, 0.29) is 12.2 Å². The number of hydrogen-bond donors (Lipinski definition) is 0. The Labute approximate surface area is 66.3 Å². The van der Waals surface area contributed by atoms with Crippen LogP contribution in [0.5, 0.6) is 0 Å². The van der Waals surface area contributed by atoms with Crippen LogP contribution in [0.3, 0.4) is 0 Å². The highest BCUT2D eigenvalue weighted by Gasteiger charge is 2.29. The van der Waals surface area contributed by atoms with Crippen LogP contribution in [0, 0.1) is 0 Å². The number of nitrogens with zero attached hydrogens (tertiary/aromatic N) is 1. The number of fused-ring (bicyclic) bond motifs is 1. The smallest absolute Gasteiger partial charge is 0.308 e. The zero-order valence-corrected chi connectivity index (χ0v) is 6.58. The fourth-order valence-electron chi connectivity index (χ4n) is 1.80. The van der Waals surface area contributed by atoms with Gasteiger partial charge in [-0.3, -0.25) is 9.69 Å². The number of piperidine rings is 1. The van der Waals surface area contributed by atoms with Crippen molar-refractivity contribution in [2.45, 2.75) is 31.9 Å². The molecule has 0 N–H and O–H groups in total. The van der Waals surface area contributed by atoms with Gasteiger partial charge in [0.1, 0.15) is 0 Å². The summed E-state index contributed by atoms with van der Waals surface area (Å²) in [6, 6.07) is 0. The zero-order chi connectivity index (χ0) is 7.68. The van der Waals surface area contributed by atoms with Gasteiger partial charge in [-0.2, -0.15) is 0 Å². The lowest BCUT2D eigenvalue weighted by atomic mass is 10.1. The molecule has 0 amide bonds. The van der Waals surface area contributed by atoms with E-state index in [1.165, 1.54) is 12.8 Å². The van der Waals surface area contributed by atoms with E-state index in [1.807, 2.05) is 0 Å². The number of hydrogen-bond acceptors (Lipinski definition) is 3. The van der Waals surface area contributed by atoms with E-state index in [4.69, 9.17) is 4.74 Å². The van der Waals surface area contributed by atoms with Gasteiger partial charge in [0.25, 0.3) is 0 Å². The summed E-state index contributed by atoms with van der Waals surface area (Å²) in [5, 5.41) is 0. The van der Waals surface area contributed by atoms with Gasteiger partial charge in [-0.15, -0.1) is 0 Å². The molecule has 2 saturated heterocycles. The highest BCUT2D eigenvalue weighted by Crippen LogP contribution is 2.21. The zero-order valence-electron chi connectivity index (χ0n) is 6.58. The third-order valence-electron chi connectivity index (χ3n) is 2.42. The van der Waals surface area contributed by atoms with Gasteiger partial charge in [0, 0.05) is 13.1 Å². The maximum absolute atomic E-state index is 10.9. The molecule has 0 radical (unpaired) electrons. The van der Waals surface area contributed by atoms with Crippen LogP contribution in [0.2, 0.25) is 0 Å². The summed E-state index contributed by atoms with van der Waals surface area (Å²) < 4.78 is 5.18. The molecule has 1 atom stereocenters. The third-order valence-corrected chi connectivity index (χ3v) is 2.42. The normalized spacial score (nSPS) is 32.7. The van der Waals surface area contributed by atoms with E-state index in [0.29, 0.717) is 6.42 Å². The highest BCUT2D eigenvalue weighted by molar-refractivity contribution is 5.70. The van der Waals surface area contributed by atoms with Crippen LogP contribution in [-0.2, 0) is 9.53 Å². The van der Waals surface area contributed by atoms with Crippen LogP contribution in [0.15, 0.2) is 0 Å². The summed E-state index contributed by atoms with van der Waals surface area (Å²) in [4.78, 5) is 13.1. The molecule has 11 heavy (non-hydrogen) atoms. The molecule has 2 heterocycles. The summed E-state index contributed by atoms with van der Waals surface area (Å²) in [6.45, 7) is 2.02. The van der Waals surface area contributed by atoms with Crippen molar-refractivity contribution in [2.75, 3.05) is 13.1 Å². The van der Waals surface area contributed by atoms with Crippen LogP contribution in [-0.4, -0.2) is 30.2 Å². The van der Waals surface area contributed by atoms with Crippen LogP contribution in [0.25, 0.3) is 0 Å². The van der Waals surface area contributed by atoms with Crippen LogP contribution >= 0.6 is 0 Å². The minimum atomic E-state index is -0.0202. The van der Waals surface area contributed by atoms with Gasteiger partial charge in [-0.1, -0.05) is 0 Å². The van der Waals surface area contributed by atoms with E-state index in [9.17, 15) is 4.79 Å². The van der Waals surface area contributed by atoms with Gasteiger partial charge in [0.2, 0.25) is 0 Å². The van der Waals surface area contributed by atoms with Crippen molar-refractivity contribution in [3.63, 3.8) is 0 Å². The first-order valence-electron chi connectivity index (χ1n) is 4.30. The number of ether oxygens (including phenoxy) is 1. The molecule has 3 nitrogen and oxygen atoms in total. The average molecular weight is 155 g/mol. The Morgan fingerprint density at radius 1 is 1.36 bits per heavy atom. The van der Waals surface area contributed by atoms with Crippen molar-refractivity contribution in [1.29, 1.82) is 0 Å². The Bertz CT molecular complexity index is 169. The Kier molecular flexibility index (Phi) is 1.82. The molecule has 2 rings (SSSR count). The van der Waals surface area contributed by atoms with Crippen molar-refractivity contribution >= 4 is 5.97 Å². The lowest BCUT2D eigenvalue weighted by Gasteiger charge is -2.37. The quantitative estimate of drug-likeness (QED) is 0.483. The monoisotopic (exact) mass is 155 g/mol. The fraction of sp³-hybridized carbons (Fsp3) is 0.875. The van der Waals surface area contributed by atoms with Gasteiger partial charge in [-0.05, 0) is 19.3 Å². The number of esters is 1. The fourth-order valence-corrected chi connectivity index (χ4v) is 1.80. The molecule has 2 fully saturated rings. The second-order valence-electron chi connectivity index (χ2n) is 3.23. The molecule has 0 aliphatic carbocycles. The van der Waals surface area contributed by atoms with E-state index in [1.54, 1.807) is 0 Å². The molecular weight excluding hydrogens is 142 g/mol. The first-order valence-corrected chi connectivity index (χ1v) is 4.30. The van der Waals surface area contributed by atoms with E-state index in [0.717, 1.165) is 19.5 Å².